The third kappa shape index (κ3) is 3.60. The Morgan fingerprint density at radius 3 is 2.43 bits per heavy atom. The molecule has 140 valence electrons. The van der Waals surface area contributed by atoms with Crippen LogP contribution in [0.5, 0.6) is 0 Å². The van der Waals surface area contributed by atoms with Gasteiger partial charge in [0, 0.05) is 11.3 Å². The molecule has 0 bridgehead atoms. The smallest absolute Gasteiger partial charge is 0.335 e. The lowest BCUT2D eigenvalue weighted by atomic mass is 10.2. The Labute approximate surface area is 165 Å². The van der Waals surface area contributed by atoms with Crippen LogP contribution in [-0.2, 0) is 10.0 Å². The molecule has 0 spiro atoms. The Balaban J connectivity index is 1.63. The number of fused-ring (bicyclic) bond motifs is 1. The summed E-state index contributed by atoms with van der Waals surface area (Å²) >= 11 is 1.53. The number of thiazole rings is 1. The van der Waals surface area contributed by atoms with Crippen molar-refractivity contribution in [3.8, 4) is 10.6 Å². The van der Waals surface area contributed by atoms with E-state index in [9.17, 15) is 13.2 Å². The maximum Gasteiger partial charge on any atom is 0.335 e. The monoisotopic (exact) mass is 410 g/mol. The molecule has 0 amide bonds. The van der Waals surface area contributed by atoms with Crippen molar-refractivity contribution in [1.82, 2.24) is 4.98 Å². The summed E-state index contributed by atoms with van der Waals surface area (Å²) in [7, 11) is -3.84. The van der Waals surface area contributed by atoms with Crippen molar-refractivity contribution >= 4 is 43.2 Å². The molecular weight excluding hydrogens is 396 g/mol. The average molecular weight is 410 g/mol. The van der Waals surface area contributed by atoms with E-state index in [0.29, 0.717) is 5.69 Å². The van der Waals surface area contributed by atoms with Gasteiger partial charge in [0.2, 0.25) is 0 Å². The first-order chi connectivity index (χ1) is 13.4. The number of hydrogen-bond donors (Lipinski definition) is 2. The highest BCUT2D eigenvalue weighted by Gasteiger charge is 2.16. The molecule has 0 saturated carbocycles. The second kappa shape index (κ2) is 7.06. The van der Waals surface area contributed by atoms with Crippen LogP contribution in [0.2, 0.25) is 0 Å². The van der Waals surface area contributed by atoms with Gasteiger partial charge >= 0.3 is 5.97 Å². The van der Waals surface area contributed by atoms with Crippen molar-refractivity contribution in [2.45, 2.75) is 4.90 Å². The molecule has 28 heavy (non-hydrogen) atoms. The van der Waals surface area contributed by atoms with Crippen molar-refractivity contribution in [3.63, 3.8) is 0 Å². The van der Waals surface area contributed by atoms with Crippen LogP contribution in [0.15, 0.2) is 77.7 Å². The molecule has 8 heteroatoms. The SMILES string of the molecule is O=C(O)c1ccc(S(=O)(=O)Nc2cccc(-c3nc4ccccc4s3)c2)cc1. The fourth-order valence-electron chi connectivity index (χ4n) is 2.70. The summed E-state index contributed by atoms with van der Waals surface area (Å²) in [5, 5.41) is 9.73. The normalized spacial score (nSPS) is 11.4. The van der Waals surface area contributed by atoms with Crippen LogP contribution in [-0.4, -0.2) is 24.5 Å². The molecule has 0 unspecified atom stereocenters. The van der Waals surface area contributed by atoms with Gasteiger partial charge in [-0.2, -0.15) is 0 Å². The largest absolute Gasteiger partial charge is 0.478 e. The van der Waals surface area contributed by atoms with Gasteiger partial charge in [0.15, 0.2) is 0 Å². The number of nitrogens with zero attached hydrogens (tertiary/aromatic N) is 1. The number of aromatic carboxylic acids is 1. The van der Waals surface area contributed by atoms with E-state index in [2.05, 4.69) is 9.71 Å². The Bertz CT molecular complexity index is 1250. The quantitative estimate of drug-likeness (QED) is 0.506. The predicted octanol–water partition coefficient (Wildman–Crippen LogP) is 4.46. The van der Waals surface area contributed by atoms with Crippen LogP contribution in [0, 0.1) is 0 Å². The first-order valence-corrected chi connectivity index (χ1v) is 10.5. The van der Waals surface area contributed by atoms with Crippen LogP contribution < -0.4 is 4.72 Å². The van der Waals surface area contributed by atoms with Crippen LogP contribution >= 0.6 is 11.3 Å². The van der Waals surface area contributed by atoms with Crippen LogP contribution in [0.1, 0.15) is 10.4 Å². The summed E-state index contributed by atoms with van der Waals surface area (Å²) in [5.74, 6) is -1.11. The lowest BCUT2D eigenvalue weighted by Gasteiger charge is -2.09. The molecule has 4 aromatic rings. The molecule has 1 heterocycles. The second-order valence-electron chi connectivity index (χ2n) is 6.00. The molecule has 0 aliphatic heterocycles. The number of anilines is 1. The standard InChI is InChI=1S/C20H14N2O4S2/c23-20(24)13-8-10-16(11-9-13)28(25,26)22-15-5-3-4-14(12-15)19-21-17-6-1-2-7-18(17)27-19/h1-12,22H,(H,23,24). The minimum Gasteiger partial charge on any atom is -0.478 e. The lowest BCUT2D eigenvalue weighted by molar-refractivity contribution is 0.0696. The second-order valence-corrected chi connectivity index (χ2v) is 8.72. The van der Waals surface area contributed by atoms with Crippen LogP contribution in [0.4, 0.5) is 5.69 Å². The van der Waals surface area contributed by atoms with Gasteiger partial charge in [-0.15, -0.1) is 11.3 Å². The van der Waals surface area contributed by atoms with E-state index in [1.807, 2.05) is 30.3 Å². The number of rotatable bonds is 5. The van der Waals surface area contributed by atoms with E-state index in [1.54, 1.807) is 18.2 Å². The Morgan fingerprint density at radius 1 is 0.964 bits per heavy atom. The summed E-state index contributed by atoms with van der Waals surface area (Å²) in [6, 6.07) is 19.9. The third-order valence-electron chi connectivity index (χ3n) is 4.07. The molecule has 6 nitrogen and oxygen atoms in total. The topological polar surface area (TPSA) is 96.4 Å². The number of sulfonamides is 1. The molecule has 3 aromatic carbocycles. The Hall–Kier alpha value is -3.23. The highest BCUT2D eigenvalue weighted by atomic mass is 32.2. The zero-order valence-electron chi connectivity index (χ0n) is 14.4. The lowest BCUT2D eigenvalue weighted by Crippen LogP contribution is -2.13. The molecule has 0 saturated heterocycles. The molecular formula is C20H14N2O4S2. The zero-order valence-corrected chi connectivity index (χ0v) is 16.0. The maximum atomic E-state index is 12.6. The van der Waals surface area contributed by atoms with Gasteiger partial charge in [0.05, 0.1) is 20.7 Å². The first-order valence-electron chi connectivity index (χ1n) is 8.24. The zero-order chi connectivity index (χ0) is 19.7. The van der Waals surface area contributed by atoms with Crippen molar-refractivity contribution in [2.24, 2.45) is 0 Å². The summed E-state index contributed by atoms with van der Waals surface area (Å²) in [5.41, 5.74) is 2.13. The van der Waals surface area contributed by atoms with E-state index in [-0.39, 0.29) is 10.5 Å². The van der Waals surface area contributed by atoms with Gasteiger partial charge in [0.25, 0.3) is 10.0 Å². The Kier molecular flexibility index (Phi) is 4.58. The first kappa shape index (κ1) is 18.1. The number of hydrogen-bond acceptors (Lipinski definition) is 5. The van der Waals surface area contributed by atoms with Gasteiger partial charge in [0.1, 0.15) is 5.01 Å². The van der Waals surface area contributed by atoms with E-state index < -0.39 is 16.0 Å². The van der Waals surface area contributed by atoms with E-state index in [0.717, 1.165) is 20.8 Å². The van der Waals surface area contributed by atoms with E-state index in [4.69, 9.17) is 5.11 Å². The molecule has 0 aliphatic carbocycles. The minimum atomic E-state index is -3.84. The summed E-state index contributed by atoms with van der Waals surface area (Å²) in [6.07, 6.45) is 0. The molecule has 2 N–H and O–H groups in total. The van der Waals surface area contributed by atoms with E-state index in [1.165, 1.54) is 35.6 Å². The fourth-order valence-corrected chi connectivity index (χ4v) is 4.71. The number of nitrogens with one attached hydrogen (secondary N) is 1. The van der Waals surface area contributed by atoms with Gasteiger partial charge in [-0.25, -0.2) is 18.2 Å². The highest BCUT2D eigenvalue weighted by molar-refractivity contribution is 7.92. The van der Waals surface area contributed by atoms with Gasteiger partial charge < -0.3 is 5.11 Å². The van der Waals surface area contributed by atoms with Gasteiger partial charge in [-0.1, -0.05) is 24.3 Å². The number of carboxylic acid groups (broad SMARTS) is 1. The van der Waals surface area contributed by atoms with Gasteiger partial charge in [-0.05, 0) is 48.5 Å². The number of aromatic nitrogens is 1. The fraction of sp³-hybridized carbons (Fsp3) is 0. The summed E-state index contributed by atoms with van der Waals surface area (Å²) in [4.78, 5) is 15.5. The van der Waals surface area contributed by atoms with Crippen molar-refractivity contribution < 1.29 is 18.3 Å². The summed E-state index contributed by atoms with van der Waals surface area (Å²) in [6.45, 7) is 0. The van der Waals surface area contributed by atoms with Crippen molar-refractivity contribution in [1.29, 1.82) is 0 Å². The molecule has 1 aromatic heterocycles. The molecule has 0 radical (unpaired) electrons. The highest BCUT2D eigenvalue weighted by Crippen LogP contribution is 2.31. The predicted molar refractivity (Wildman–Crippen MR) is 109 cm³/mol. The van der Waals surface area contributed by atoms with Gasteiger partial charge in [-0.3, -0.25) is 4.72 Å². The Morgan fingerprint density at radius 2 is 1.71 bits per heavy atom. The van der Waals surface area contributed by atoms with Crippen molar-refractivity contribution in [2.75, 3.05) is 4.72 Å². The maximum absolute atomic E-state index is 12.6. The molecule has 4 rings (SSSR count). The third-order valence-corrected chi connectivity index (χ3v) is 6.55. The van der Waals surface area contributed by atoms with Crippen LogP contribution in [0.25, 0.3) is 20.8 Å². The summed E-state index contributed by atoms with van der Waals surface area (Å²) < 4.78 is 28.8. The average Bonchev–Trinajstić information content (AvgIpc) is 3.12. The van der Waals surface area contributed by atoms with Crippen molar-refractivity contribution in [3.05, 3.63) is 78.4 Å². The van der Waals surface area contributed by atoms with E-state index >= 15 is 0 Å². The molecule has 0 atom stereocenters. The molecule has 0 fully saturated rings. The number of carboxylic acids is 1. The molecule has 0 aliphatic rings. The minimum absolute atomic E-state index is 0.0112. The number of benzene rings is 3. The van der Waals surface area contributed by atoms with Crippen LogP contribution in [0.3, 0.4) is 0 Å². The number of para-hydroxylation sites is 1. The number of carbonyl (C=O) groups is 1.